The van der Waals surface area contributed by atoms with Gasteiger partial charge in [-0.25, -0.2) is 9.97 Å². The second kappa shape index (κ2) is 15.0. The van der Waals surface area contributed by atoms with Crippen molar-refractivity contribution in [1.29, 1.82) is 0 Å². The molecule has 56 heavy (non-hydrogen) atoms. The van der Waals surface area contributed by atoms with Gasteiger partial charge in [0.1, 0.15) is 11.5 Å². The van der Waals surface area contributed by atoms with E-state index in [1.54, 1.807) is 30.4 Å². The summed E-state index contributed by atoms with van der Waals surface area (Å²) in [5.74, 6) is -0.0644. The lowest BCUT2D eigenvalue weighted by Crippen LogP contribution is -2.52. The first-order valence-electron chi connectivity index (χ1n) is 19.6. The van der Waals surface area contributed by atoms with Crippen molar-refractivity contribution in [2.75, 3.05) is 59.8 Å². The number of fused-ring (bicyclic) bond motifs is 3. The van der Waals surface area contributed by atoms with E-state index in [2.05, 4.69) is 57.3 Å². The number of aliphatic hydroxyl groups is 1. The highest BCUT2D eigenvalue weighted by Gasteiger charge is 2.38. The molecule has 2 fully saturated rings. The summed E-state index contributed by atoms with van der Waals surface area (Å²) in [7, 11) is 1.64. The number of ether oxygens (including phenoxy) is 1. The molecule has 14 nitrogen and oxygen atoms in total. The van der Waals surface area contributed by atoms with Crippen molar-refractivity contribution in [2.45, 2.75) is 71.7 Å². The molecule has 4 aromatic rings. The predicted molar refractivity (Wildman–Crippen MR) is 217 cm³/mol. The number of rotatable bonds is 9. The van der Waals surface area contributed by atoms with Crippen molar-refractivity contribution >= 4 is 40.5 Å². The van der Waals surface area contributed by atoms with E-state index in [0.29, 0.717) is 58.8 Å². The highest BCUT2D eigenvalue weighted by atomic mass is 16.5. The van der Waals surface area contributed by atoms with Gasteiger partial charge in [-0.2, -0.15) is 0 Å². The van der Waals surface area contributed by atoms with Gasteiger partial charge in [-0.05, 0) is 80.0 Å². The summed E-state index contributed by atoms with van der Waals surface area (Å²) < 4.78 is 9.15. The first-order valence-corrected chi connectivity index (χ1v) is 19.6. The molecule has 3 aliphatic heterocycles. The van der Waals surface area contributed by atoms with Crippen LogP contribution in [0.4, 0.5) is 28.7 Å². The number of anilines is 5. The lowest BCUT2D eigenvalue weighted by molar-refractivity contribution is -0.111. The lowest BCUT2D eigenvalue weighted by Gasteiger charge is -2.44. The molecule has 0 bridgehead atoms. The maximum atomic E-state index is 14.0. The Kier molecular flexibility index (Phi) is 10.1. The number of aromatic nitrogens is 4. The van der Waals surface area contributed by atoms with Crippen LogP contribution in [0.2, 0.25) is 0 Å². The zero-order chi connectivity index (χ0) is 39.3. The highest BCUT2D eigenvalue weighted by Crippen LogP contribution is 2.40. The number of amides is 2. The molecule has 3 N–H and O–H groups in total. The monoisotopic (exact) mass is 761 g/mol. The number of carbonyl (C=O) groups excluding carboxylic acids is 2. The second-order valence-electron chi connectivity index (χ2n) is 16.3. The molecule has 0 radical (unpaired) electrons. The van der Waals surface area contributed by atoms with E-state index in [9.17, 15) is 19.5 Å². The number of benzene rings is 1. The standard InChI is InChI=1S/C42H51N9O5/c1-6-37(53)45-32-21-28(7-8-34(32)49-12-10-29(19-26(49)2)48-15-17-56-18-16-48)44-38-41(55)47(5)24-33(46-38)30-9-11-43-39(31(30)25-52)51-14-13-50-35(40(51)54)20-27-22-42(3,4)23-36(27)50/h6-9,11,20-21,24,26,29,52H,1,10,12-19,22-23,25H2,2-5H3,(H,44,46)(H,45,53)/t26-,29?/m0/s1. The van der Waals surface area contributed by atoms with Crippen molar-refractivity contribution in [3.63, 3.8) is 0 Å². The molecule has 2 atom stereocenters. The van der Waals surface area contributed by atoms with Gasteiger partial charge in [0.15, 0.2) is 5.82 Å². The second-order valence-corrected chi connectivity index (χ2v) is 16.3. The van der Waals surface area contributed by atoms with E-state index in [0.717, 1.165) is 64.2 Å². The summed E-state index contributed by atoms with van der Waals surface area (Å²) in [6.45, 7) is 15.3. The Morgan fingerprint density at radius 2 is 1.89 bits per heavy atom. The van der Waals surface area contributed by atoms with Crippen molar-refractivity contribution in [1.82, 2.24) is 24.0 Å². The number of piperidine rings is 1. The Bertz CT molecular complexity index is 2250. The number of hydrogen-bond donors (Lipinski definition) is 3. The minimum atomic E-state index is -0.392. The molecule has 2 amide bonds. The van der Waals surface area contributed by atoms with Crippen LogP contribution in [0.15, 0.2) is 60.2 Å². The Labute approximate surface area is 326 Å². The summed E-state index contributed by atoms with van der Waals surface area (Å²) in [6, 6.07) is 10.1. The quantitative estimate of drug-likeness (QED) is 0.209. The molecule has 1 aromatic carbocycles. The average molecular weight is 762 g/mol. The van der Waals surface area contributed by atoms with Crippen LogP contribution in [0, 0.1) is 5.41 Å². The molecule has 14 heteroatoms. The number of carbonyl (C=O) groups is 2. The number of morpholine rings is 1. The fourth-order valence-corrected chi connectivity index (χ4v) is 9.10. The van der Waals surface area contributed by atoms with E-state index in [-0.39, 0.29) is 34.6 Å². The lowest BCUT2D eigenvalue weighted by atomic mass is 9.90. The summed E-state index contributed by atoms with van der Waals surface area (Å²) in [5, 5.41) is 16.9. The van der Waals surface area contributed by atoms with Crippen LogP contribution in [0.5, 0.6) is 0 Å². The summed E-state index contributed by atoms with van der Waals surface area (Å²) in [6.07, 6.45) is 8.31. The third-order valence-corrected chi connectivity index (χ3v) is 11.8. The molecule has 8 rings (SSSR count). The van der Waals surface area contributed by atoms with E-state index in [4.69, 9.17) is 9.72 Å². The Balaban J connectivity index is 1.07. The first-order chi connectivity index (χ1) is 26.9. The maximum absolute atomic E-state index is 14.0. The van der Waals surface area contributed by atoms with Crippen molar-refractivity contribution in [2.24, 2.45) is 12.5 Å². The Hall–Kier alpha value is -5.31. The maximum Gasteiger partial charge on any atom is 0.293 e. The zero-order valence-corrected chi connectivity index (χ0v) is 32.7. The molecule has 0 spiro atoms. The van der Waals surface area contributed by atoms with Crippen molar-refractivity contribution in [3.05, 3.63) is 88.2 Å². The van der Waals surface area contributed by atoms with E-state index >= 15 is 0 Å². The third-order valence-electron chi connectivity index (χ3n) is 11.8. The van der Waals surface area contributed by atoms with E-state index in [1.807, 2.05) is 24.3 Å². The van der Waals surface area contributed by atoms with Crippen LogP contribution in [0.1, 0.15) is 60.9 Å². The minimum absolute atomic E-state index is 0.0602. The molecule has 294 valence electrons. The zero-order valence-electron chi connectivity index (χ0n) is 32.7. The largest absolute Gasteiger partial charge is 0.392 e. The molecule has 1 unspecified atom stereocenters. The van der Waals surface area contributed by atoms with Gasteiger partial charge in [0.2, 0.25) is 5.91 Å². The van der Waals surface area contributed by atoms with Gasteiger partial charge >= 0.3 is 0 Å². The van der Waals surface area contributed by atoms with Gasteiger partial charge < -0.3 is 34.5 Å². The van der Waals surface area contributed by atoms with Crippen LogP contribution >= 0.6 is 0 Å². The van der Waals surface area contributed by atoms with Gasteiger partial charge in [-0.1, -0.05) is 20.4 Å². The van der Waals surface area contributed by atoms with Gasteiger partial charge in [0, 0.05) is 86.8 Å². The van der Waals surface area contributed by atoms with Crippen LogP contribution in [-0.4, -0.2) is 92.4 Å². The Morgan fingerprint density at radius 1 is 1.09 bits per heavy atom. The SMILES string of the molecule is C=CC(=O)Nc1cc(Nc2nc(-c3ccnc(N4CCn5c(cc6c5CC(C)(C)C6)C4=O)c3CO)cn(C)c2=O)ccc1N1CCC(N2CCOCC2)C[C@@H]1C. The Morgan fingerprint density at radius 3 is 2.64 bits per heavy atom. The van der Waals surface area contributed by atoms with Gasteiger partial charge in [0.05, 0.1) is 36.9 Å². The highest BCUT2D eigenvalue weighted by molar-refractivity contribution is 6.06. The minimum Gasteiger partial charge on any atom is -0.392 e. The smallest absolute Gasteiger partial charge is 0.293 e. The average Bonchev–Trinajstić information content (AvgIpc) is 3.69. The van der Waals surface area contributed by atoms with E-state index < -0.39 is 6.61 Å². The van der Waals surface area contributed by atoms with Crippen molar-refractivity contribution < 1.29 is 19.4 Å². The number of nitrogens with one attached hydrogen (secondary N) is 2. The molecule has 2 saturated heterocycles. The number of aliphatic hydroxyl groups excluding tert-OH is 1. The third kappa shape index (κ3) is 7.01. The molecular weight excluding hydrogens is 711 g/mol. The van der Waals surface area contributed by atoms with Gasteiger partial charge in [-0.3, -0.25) is 24.2 Å². The number of hydrogen-bond acceptors (Lipinski definition) is 10. The molecular formula is C42H51N9O5. The van der Waals surface area contributed by atoms with Crippen molar-refractivity contribution in [3.8, 4) is 11.3 Å². The number of aryl methyl sites for hydroxylation is 1. The van der Waals surface area contributed by atoms with E-state index in [1.165, 1.54) is 21.9 Å². The van der Waals surface area contributed by atoms with Crippen LogP contribution in [0.25, 0.3) is 11.3 Å². The molecule has 3 aromatic heterocycles. The number of pyridine rings is 1. The van der Waals surface area contributed by atoms with Crippen LogP contribution in [0.3, 0.4) is 0 Å². The molecule has 1 aliphatic carbocycles. The topological polar surface area (TPSA) is 150 Å². The predicted octanol–water partition coefficient (Wildman–Crippen LogP) is 4.48. The molecule has 0 saturated carbocycles. The van der Waals surface area contributed by atoms with Crippen LogP contribution < -0.4 is 26.0 Å². The normalized spacial score (nSPS) is 20.8. The van der Waals surface area contributed by atoms with Gasteiger partial charge in [0.25, 0.3) is 11.5 Å². The summed E-state index contributed by atoms with van der Waals surface area (Å²) >= 11 is 0. The fraction of sp³-hybridized carbons (Fsp3) is 0.452. The first kappa shape index (κ1) is 37.6. The summed E-state index contributed by atoms with van der Waals surface area (Å²) in [4.78, 5) is 56.0. The molecule has 6 heterocycles. The molecule has 4 aliphatic rings. The number of nitrogens with zero attached hydrogens (tertiary/aromatic N) is 7. The fourth-order valence-electron chi connectivity index (χ4n) is 9.10. The summed E-state index contributed by atoms with van der Waals surface area (Å²) in [5.41, 5.74) is 6.37. The van der Waals surface area contributed by atoms with Crippen LogP contribution in [-0.2, 0) is 42.6 Å². The van der Waals surface area contributed by atoms with Gasteiger partial charge in [-0.15, -0.1) is 0 Å².